The van der Waals surface area contributed by atoms with Crippen molar-refractivity contribution >= 4 is 0 Å². The van der Waals surface area contributed by atoms with Crippen LogP contribution in [0.2, 0.25) is 0 Å². The summed E-state index contributed by atoms with van der Waals surface area (Å²) in [7, 11) is 0. The molecule has 0 aromatic rings. The van der Waals surface area contributed by atoms with Gasteiger partial charge in [-0.15, -0.1) is 0 Å². The number of rotatable bonds is 1. The predicted octanol–water partition coefficient (Wildman–Crippen LogP) is 2.42. The lowest BCUT2D eigenvalue weighted by Crippen LogP contribution is -1.98. The molecule has 0 saturated heterocycles. The van der Waals surface area contributed by atoms with Crippen LogP contribution >= 0.6 is 0 Å². The molecule has 0 aliphatic heterocycles. The summed E-state index contributed by atoms with van der Waals surface area (Å²) < 4.78 is 0. The number of allylic oxidation sites excluding steroid dienone is 4. The van der Waals surface area contributed by atoms with Gasteiger partial charge in [0.05, 0.1) is 11.5 Å². The summed E-state index contributed by atoms with van der Waals surface area (Å²) in [5.41, 5.74) is 1.30. The van der Waals surface area contributed by atoms with Crippen molar-refractivity contribution in [1.29, 1.82) is 5.26 Å². The van der Waals surface area contributed by atoms with E-state index >= 15 is 0 Å². The van der Waals surface area contributed by atoms with E-state index in [1.54, 1.807) is 0 Å². The summed E-state index contributed by atoms with van der Waals surface area (Å²) >= 11 is 0. The molecule has 1 heteroatoms. The number of nitriles is 1. The molecule has 1 fully saturated rings. The highest BCUT2D eigenvalue weighted by atomic mass is 14.6. The van der Waals surface area contributed by atoms with Gasteiger partial charge in [0.15, 0.2) is 0 Å². The van der Waals surface area contributed by atoms with E-state index in [9.17, 15) is 0 Å². The molecule has 0 aromatic carbocycles. The molecule has 0 bridgehead atoms. The molecular formula is C10H11N. The average Bonchev–Trinajstić information content (AvgIpc) is 2.77. The zero-order valence-electron chi connectivity index (χ0n) is 6.67. The zero-order valence-corrected chi connectivity index (χ0v) is 6.67. The Bertz CT molecular complexity index is 280. The first-order valence-electron chi connectivity index (χ1n) is 4.12. The highest BCUT2D eigenvalue weighted by Gasteiger charge is 2.52. The molecule has 0 heterocycles. The summed E-state index contributed by atoms with van der Waals surface area (Å²) in [4.78, 5) is 0. The van der Waals surface area contributed by atoms with Crippen LogP contribution in [0.3, 0.4) is 0 Å². The zero-order chi connectivity index (χ0) is 7.90. The third-order valence-electron chi connectivity index (χ3n) is 2.69. The van der Waals surface area contributed by atoms with Gasteiger partial charge >= 0.3 is 0 Å². The molecule has 2 aliphatic carbocycles. The molecular weight excluding hydrogens is 134 g/mol. The molecule has 56 valence electrons. The van der Waals surface area contributed by atoms with E-state index in [0.717, 1.165) is 12.8 Å². The second kappa shape index (κ2) is 1.98. The minimum Gasteiger partial charge on any atom is -0.197 e. The van der Waals surface area contributed by atoms with Crippen molar-refractivity contribution < 1.29 is 0 Å². The number of hydrogen-bond donors (Lipinski definition) is 0. The third-order valence-corrected chi connectivity index (χ3v) is 2.69. The van der Waals surface area contributed by atoms with Crippen LogP contribution in [-0.4, -0.2) is 0 Å². The molecule has 2 atom stereocenters. The van der Waals surface area contributed by atoms with Crippen LogP contribution in [0, 0.1) is 22.7 Å². The normalized spacial score (nSPS) is 38.9. The maximum absolute atomic E-state index is 8.82. The molecule has 0 spiro atoms. The Morgan fingerprint density at radius 3 is 3.18 bits per heavy atom. The van der Waals surface area contributed by atoms with Gasteiger partial charge in [-0.25, -0.2) is 0 Å². The molecule has 0 aromatic heterocycles. The van der Waals surface area contributed by atoms with Crippen molar-refractivity contribution in [1.82, 2.24) is 0 Å². The van der Waals surface area contributed by atoms with Gasteiger partial charge in [0.1, 0.15) is 0 Å². The summed E-state index contributed by atoms with van der Waals surface area (Å²) in [6.07, 6.45) is 8.57. The summed E-state index contributed by atoms with van der Waals surface area (Å²) in [5, 5.41) is 8.82. The van der Waals surface area contributed by atoms with E-state index in [0.29, 0.717) is 5.92 Å². The van der Waals surface area contributed by atoms with Crippen molar-refractivity contribution in [3.8, 4) is 6.07 Å². The average molecular weight is 145 g/mol. The van der Waals surface area contributed by atoms with Crippen molar-refractivity contribution in [2.75, 3.05) is 0 Å². The molecule has 1 nitrogen and oxygen atoms in total. The Kier molecular flexibility index (Phi) is 1.20. The van der Waals surface area contributed by atoms with Gasteiger partial charge in [-0.1, -0.05) is 30.7 Å². The first kappa shape index (κ1) is 6.67. The largest absolute Gasteiger partial charge is 0.197 e. The van der Waals surface area contributed by atoms with E-state index in [2.05, 4.69) is 31.2 Å². The van der Waals surface area contributed by atoms with Gasteiger partial charge in [0.25, 0.3) is 0 Å². The monoisotopic (exact) mass is 145 g/mol. The number of fused-ring (bicyclic) bond motifs is 1. The van der Waals surface area contributed by atoms with Crippen molar-refractivity contribution in [2.45, 2.75) is 19.8 Å². The Hall–Kier alpha value is -1.03. The molecule has 2 rings (SSSR count). The summed E-state index contributed by atoms with van der Waals surface area (Å²) in [5.74, 6) is 0.535. The van der Waals surface area contributed by atoms with Crippen LogP contribution in [0.25, 0.3) is 0 Å². The van der Waals surface area contributed by atoms with Crippen molar-refractivity contribution in [3.63, 3.8) is 0 Å². The Labute approximate surface area is 67.0 Å². The maximum Gasteiger partial charge on any atom is 0.0826 e. The van der Waals surface area contributed by atoms with Gasteiger partial charge in [-0.05, 0) is 12.8 Å². The van der Waals surface area contributed by atoms with Crippen LogP contribution < -0.4 is 0 Å². The Morgan fingerprint density at radius 2 is 2.64 bits per heavy atom. The molecule has 0 radical (unpaired) electrons. The van der Waals surface area contributed by atoms with Crippen LogP contribution in [0.1, 0.15) is 19.8 Å². The minimum absolute atomic E-state index is 0.0847. The highest BCUT2D eigenvalue weighted by molar-refractivity contribution is 5.40. The van der Waals surface area contributed by atoms with Crippen LogP contribution in [0.5, 0.6) is 0 Å². The van der Waals surface area contributed by atoms with Crippen LogP contribution in [0.4, 0.5) is 0 Å². The highest BCUT2D eigenvalue weighted by Crippen LogP contribution is 2.56. The predicted molar refractivity (Wildman–Crippen MR) is 43.7 cm³/mol. The van der Waals surface area contributed by atoms with Crippen molar-refractivity contribution in [2.24, 2.45) is 11.3 Å². The fourth-order valence-electron chi connectivity index (χ4n) is 1.68. The molecule has 2 unspecified atom stereocenters. The van der Waals surface area contributed by atoms with E-state index < -0.39 is 0 Å². The summed E-state index contributed by atoms with van der Waals surface area (Å²) in [6, 6.07) is 2.37. The SMILES string of the molecule is CCC1=CC2CC2(C#N)C=C1. The van der Waals surface area contributed by atoms with E-state index in [4.69, 9.17) is 5.26 Å². The maximum atomic E-state index is 8.82. The first-order valence-corrected chi connectivity index (χ1v) is 4.12. The Morgan fingerprint density at radius 1 is 1.82 bits per heavy atom. The van der Waals surface area contributed by atoms with Crippen LogP contribution in [0.15, 0.2) is 23.8 Å². The van der Waals surface area contributed by atoms with E-state index in [1.807, 2.05) is 0 Å². The fraction of sp³-hybridized carbons (Fsp3) is 0.500. The van der Waals surface area contributed by atoms with Gasteiger partial charge in [-0.3, -0.25) is 0 Å². The molecule has 0 amide bonds. The number of nitrogens with zero attached hydrogens (tertiary/aromatic N) is 1. The minimum atomic E-state index is -0.0847. The standard InChI is InChI=1S/C10H11N/c1-2-8-3-4-10(7-11)6-9(10)5-8/h3-5,9H,2,6H2,1H3. The van der Waals surface area contributed by atoms with E-state index in [-0.39, 0.29) is 5.41 Å². The lowest BCUT2D eigenvalue weighted by atomic mass is 9.96. The van der Waals surface area contributed by atoms with Gasteiger partial charge < -0.3 is 0 Å². The quantitative estimate of drug-likeness (QED) is 0.556. The third kappa shape index (κ3) is 0.826. The second-order valence-electron chi connectivity index (χ2n) is 3.39. The molecule has 2 aliphatic rings. The smallest absolute Gasteiger partial charge is 0.0826 e. The topological polar surface area (TPSA) is 23.8 Å². The van der Waals surface area contributed by atoms with Gasteiger partial charge in [0.2, 0.25) is 0 Å². The molecule has 11 heavy (non-hydrogen) atoms. The molecule has 1 saturated carbocycles. The van der Waals surface area contributed by atoms with Crippen molar-refractivity contribution in [3.05, 3.63) is 23.8 Å². The van der Waals surface area contributed by atoms with Crippen LogP contribution in [-0.2, 0) is 0 Å². The summed E-state index contributed by atoms with van der Waals surface area (Å²) in [6.45, 7) is 2.15. The van der Waals surface area contributed by atoms with Gasteiger partial charge in [-0.2, -0.15) is 5.26 Å². The second-order valence-corrected chi connectivity index (χ2v) is 3.39. The number of hydrogen-bond acceptors (Lipinski definition) is 1. The van der Waals surface area contributed by atoms with Gasteiger partial charge in [0, 0.05) is 5.92 Å². The Balaban J connectivity index is 2.23. The van der Waals surface area contributed by atoms with E-state index in [1.165, 1.54) is 5.57 Å². The fourth-order valence-corrected chi connectivity index (χ4v) is 1.68. The lowest BCUT2D eigenvalue weighted by molar-refractivity contribution is 0.788. The lowest BCUT2D eigenvalue weighted by Gasteiger charge is -2.06. The molecule has 0 N–H and O–H groups in total. The first-order chi connectivity index (χ1) is 5.30.